The molecular formula is C18H17NOS2. The lowest BCUT2D eigenvalue weighted by Gasteiger charge is -2.16. The molecule has 22 heavy (non-hydrogen) atoms. The van der Waals surface area contributed by atoms with Crippen LogP contribution in [0.15, 0.2) is 35.7 Å². The Morgan fingerprint density at radius 1 is 1.27 bits per heavy atom. The van der Waals surface area contributed by atoms with E-state index in [4.69, 9.17) is 0 Å². The lowest BCUT2D eigenvalue weighted by molar-refractivity contribution is 0.0790. The van der Waals surface area contributed by atoms with E-state index in [1.165, 1.54) is 32.5 Å². The van der Waals surface area contributed by atoms with Crippen LogP contribution in [-0.2, 0) is 19.4 Å². The normalized spacial score (nSPS) is 13.5. The lowest BCUT2D eigenvalue weighted by atomic mass is 10.1. The van der Waals surface area contributed by atoms with E-state index in [1.807, 2.05) is 11.9 Å². The van der Waals surface area contributed by atoms with Gasteiger partial charge in [-0.25, -0.2) is 0 Å². The van der Waals surface area contributed by atoms with Crippen molar-refractivity contribution in [1.29, 1.82) is 0 Å². The van der Waals surface area contributed by atoms with Crippen molar-refractivity contribution in [2.45, 2.75) is 25.8 Å². The topological polar surface area (TPSA) is 20.3 Å². The van der Waals surface area contributed by atoms with E-state index in [9.17, 15) is 4.79 Å². The Labute approximate surface area is 138 Å². The number of fused-ring (bicyclic) bond motifs is 2. The predicted molar refractivity (Wildman–Crippen MR) is 94.0 cm³/mol. The molecule has 1 amide bonds. The Morgan fingerprint density at radius 3 is 3.00 bits per heavy atom. The number of nitrogens with zero attached hydrogens (tertiary/aromatic N) is 1. The summed E-state index contributed by atoms with van der Waals surface area (Å²) in [6.45, 7) is 0.672. The highest BCUT2D eigenvalue weighted by Gasteiger charge is 2.21. The Balaban J connectivity index is 1.56. The molecule has 0 spiro atoms. The van der Waals surface area contributed by atoms with E-state index in [2.05, 4.69) is 35.7 Å². The van der Waals surface area contributed by atoms with Crippen LogP contribution in [0.2, 0.25) is 0 Å². The van der Waals surface area contributed by atoms with Crippen molar-refractivity contribution in [3.63, 3.8) is 0 Å². The van der Waals surface area contributed by atoms with Gasteiger partial charge in [-0.3, -0.25) is 4.79 Å². The maximum absolute atomic E-state index is 12.7. The first kappa shape index (κ1) is 14.0. The van der Waals surface area contributed by atoms with Crippen LogP contribution < -0.4 is 0 Å². The van der Waals surface area contributed by atoms with Crippen LogP contribution >= 0.6 is 22.7 Å². The van der Waals surface area contributed by atoms with Crippen molar-refractivity contribution in [3.05, 3.63) is 56.6 Å². The number of thiophene rings is 2. The minimum absolute atomic E-state index is 0.148. The summed E-state index contributed by atoms with van der Waals surface area (Å²) in [4.78, 5) is 16.8. The maximum Gasteiger partial charge on any atom is 0.263 e. The van der Waals surface area contributed by atoms with Crippen LogP contribution in [0.4, 0.5) is 0 Å². The van der Waals surface area contributed by atoms with Crippen LogP contribution in [0.5, 0.6) is 0 Å². The largest absolute Gasteiger partial charge is 0.337 e. The number of aryl methyl sites for hydroxylation is 2. The number of carbonyl (C=O) groups excluding carboxylic acids is 1. The van der Waals surface area contributed by atoms with E-state index < -0.39 is 0 Å². The van der Waals surface area contributed by atoms with Gasteiger partial charge in [0.2, 0.25) is 0 Å². The van der Waals surface area contributed by atoms with Gasteiger partial charge in [0.15, 0.2) is 0 Å². The molecule has 2 nitrogen and oxygen atoms in total. The van der Waals surface area contributed by atoms with Gasteiger partial charge in [-0.2, -0.15) is 0 Å². The highest BCUT2D eigenvalue weighted by atomic mass is 32.1. The molecule has 3 aromatic rings. The van der Waals surface area contributed by atoms with Gasteiger partial charge >= 0.3 is 0 Å². The summed E-state index contributed by atoms with van der Waals surface area (Å²) in [7, 11) is 1.90. The van der Waals surface area contributed by atoms with Gasteiger partial charge in [0.05, 0.1) is 4.88 Å². The molecular weight excluding hydrogens is 310 g/mol. The average Bonchev–Trinajstić information content (AvgIpc) is 3.21. The van der Waals surface area contributed by atoms with E-state index >= 15 is 0 Å². The number of amides is 1. The smallest absolute Gasteiger partial charge is 0.263 e. The van der Waals surface area contributed by atoms with Gasteiger partial charge in [-0.05, 0) is 53.3 Å². The van der Waals surface area contributed by atoms with Gasteiger partial charge < -0.3 is 4.90 Å². The van der Waals surface area contributed by atoms with Gasteiger partial charge in [-0.1, -0.05) is 18.2 Å². The molecule has 0 bridgehead atoms. The molecule has 4 rings (SSSR count). The van der Waals surface area contributed by atoms with Crippen molar-refractivity contribution >= 4 is 38.7 Å². The van der Waals surface area contributed by atoms with Crippen molar-refractivity contribution in [2.75, 3.05) is 7.05 Å². The van der Waals surface area contributed by atoms with E-state index in [0.29, 0.717) is 6.54 Å². The molecule has 1 aromatic carbocycles. The summed E-state index contributed by atoms with van der Waals surface area (Å²) in [6.07, 6.45) is 3.52. The predicted octanol–water partition coefficient (Wildman–Crippen LogP) is 4.72. The third-order valence-corrected chi connectivity index (χ3v) is 6.51. The summed E-state index contributed by atoms with van der Waals surface area (Å²) >= 11 is 3.43. The van der Waals surface area contributed by atoms with Crippen LogP contribution in [-0.4, -0.2) is 17.9 Å². The molecule has 4 heteroatoms. The number of hydrogen-bond donors (Lipinski definition) is 0. The Morgan fingerprint density at radius 2 is 2.14 bits per heavy atom. The maximum atomic E-state index is 12.7. The highest BCUT2D eigenvalue weighted by Crippen LogP contribution is 2.32. The Hall–Kier alpha value is -1.65. The zero-order valence-corrected chi connectivity index (χ0v) is 14.1. The van der Waals surface area contributed by atoms with E-state index in [0.717, 1.165) is 17.7 Å². The van der Waals surface area contributed by atoms with Crippen molar-refractivity contribution in [1.82, 2.24) is 4.90 Å². The third-order valence-electron chi connectivity index (χ3n) is 4.27. The number of carbonyl (C=O) groups is 1. The molecule has 0 saturated heterocycles. The monoisotopic (exact) mass is 327 g/mol. The summed E-state index contributed by atoms with van der Waals surface area (Å²) in [5, 5.41) is 3.43. The van der Waals surface area contributed by atoms with Gasteiger partial charge in [-0.15, -0.1) is 22.7 Å². The fourth-order valence-electron chi connectivity index (χ4n) is 3.11. The highest BCUT2D eigenvalue weighted by molar-refractivity contribution is 7.17. The summed E-state index contributed by atoms with van der Waals surface area (Å²) in [5.41, 5.74) is 2.63. The first-order valence-corrected chi connectivity index (χ1v) is 9.24. The summed E-state index contributed by atoms with van der Waals surface area (Å²) < 4.78 is 1.29. The molecule has 0 aliphatic heterocycles. The third kappa shape index (κ3) is 2.36. The summed E-state index contributed by atoms with van der Waals surface area (Å²) in [6, 6.07) is 10.5. The van der Waals surface area contributed by atoms with E-state index in [1.54, 1.807) is 22.7 Å². The van der Waals surface area contributed by atoms with Crippen molar-refractivity contribution in [3.8, 4) is 0 Å². The molecule has 0 saturated carbocycles. The minimum Gasteiger partial charge on any atom is -0.337 e. The molecule has 0 unspecified atom stereocenters. The van der Waals surface area contributed by atoms with Crippen molar-refractivity contribution < 1.29 is 4.79 Å². The van der Waals surface area contributed by atoms with Crippen LogP contribution in [0.3, 0.4) is 0 Å². The number of hydrogen-bond acceptors (Lipinski definition) is 3. The average molecular weight is 327 g/mol. The first-order valence-electron chi connectivity index (χ1n) is 7.54. The van der Waals surface area contributed by atoms with Gasteiger partial charge in [0.25, 0.3) is 5.91 Å². The molecule has 2 heterocycles. The number of benzene rings is 1. The minimum atomic E-state index is 0.148. The molecule has 0 radical (unpaired) electrons. The SMILES string of the molecule is CN(Cc1csc2ccccc12)C(=O)c1cc2c(s1)CCC2. The molecule has 0 N–H and O–H groups in total. The molecule has 2 aromatic heterocycles. The van der Waals surface area contributed by atoms with Crippen molar-refractivity contribution in [2.24, 2.45) is 0 Å². The van der Waals surface area contributed by atoms with E-state index in [-0.39, 0.29) is 5.91 Å². The molecule has 1 aliphatic carbocycles. The molecule has 0 atom stereocenters. The molecule has 0 fully saturated rings. The Kier molecular flexibility index (Phi) is 3.51. The standard InChI is InChI=1S/C18H17NOS2/c1-19(10-13-11-21-16-7-3-2-6-14(13)16)18(20)17-9-12-5-4-8-15(12)22-17/h2-3,6-7,9,11H,4-5,8,10H2,1H3. The Bertz CT molecular complexity index is 824. The lowest BCUT2D eigenvalue weighted by Crippen LogP contribution is -2.25. The van der Waals surface area contributed by atoms with Gasteiger partial charge in [0.1, 0.15) is 0 Å². The second-order valence-corrected chi connectivity index (χ2v) is 7.88. The first-order chi connectivity index (χ1) is 10.7. The molecule has 1 aliphatic rings. The zero-order valence-electron chi connectivity index (χ0n) is 12.5. The van der Waals surface area contributed by atoms with Crippen LogP contribution in [0, 0.1) is 0 Å². The second-order valence-electron chi connectivity index (χ2n) is 5.83. The van der Waals surface area contributed by atoms with Crippen LogP contribution in [0.1, 0.15) is 32.1 Å². The second kappa shape index (κ2) is 5.52. The van der Waals surface area contributed by atoms with Gasteiger partial charge in [0, 0.05) is 23.2 Å². The zero-order chi connectivity index (χ0) is 15.1. The fraction of sp³-hybridized carbons (Fsp3) is 0.278. The van der Waals surface area contributed by atoms with Crippen LogP contribution in [0.25, 0.3) is 10.1 Å². The number of rotatable bonds is 3. The fourth-order valence-corrected chi connectivity index (χ4v) is 5.31. The quantitative estimate of drug-likeness (QED) is 0.681. The molecule has 112 valence electrons. The summed E-state index contributed by atoms with van der Waals surface area (Å²) in [5.74, 6) is 0.148.